The molecule has 1 amide bonds. The first kappa shape index (κ1) is 22.0. The van der Waals surface area contributed by atoms with Crippen LogP contribution in [0, 0.1) is 20.8 Å². The second kappa shape index (κ2) is 9.78. The van der Waals surface area contributed by atoms with Crippen molar-refractivity contribution in [2.45, 2.75) is 33.8 Å². The number of ether oxygens (including phenoxy) is 3. The van der Waals surface area contributed by atoms with Crippen LogP contribution in [0.1, 0.15) is 29.2 Å². The van der Waals surface area contributed by atoms with Gasteiger partial charge in [0.25, 0.3) is 5.91 Å². The maximum atomic E-state index is 12.4. The Morgan fingerprint density at radius 3 is 2.17 bits per heavy atom. The van der Waals surface area contributed by atoms with Gasteiger partial charge in [0.05, 0.1) is 14.2 Å². The third-order valence-electron chi connectivity index (χ3n) is 4.41. The molecule has 0 radical (unpaired) electrons. The number of hydrogen-bond acceptors (Lipinski definition) is 5. The Morgan fingerprint density at radius 1 is 0.966 bits per heavy atom. The van der Waals surface area contributed by atoms with Crippen molar-refractivity contribution in [1.82, 2.24) is 0 Å². The van der Waals surface area contributed by atoms with Gasteiger partial charge < -0.3 is 19.5 Å². The number of esters is 1. The van der Waals surface area contributed by atoms with E-state index in [1.54, 1.807) is 31.4 Å². The van der Waals surface area contributed by atoms with Crippen molar-refractivity contribution in [3.8, 4) is 11.5 Å². The van der Waals surface area contributed by atoms with Crippen LogP contribution in [0.2, 0.25) is 0 Å². The third kappa shape index (κ3) is 5.85. The monoisotopic (exact) mass is 397 g/mol. The van der Waals surface area contributed by atoms with Gasteiger partial charge in [-0.25, -0.2) is 4.79 Å². The first-order valence-electron chi connectivity index (χ1n) is 9.24. The first-order chi connectivity index (χ1) is 13.7. The Hall–Kier alpha value is -3.28. The van der Waals surface area contributed by atoms with E-state index in [1.807, 2.05) is 32.9 Å². The largest absolute Gasteiger partial charge is 0.493 e. The second-order valence-electron chi connectivity index (χ2n) is 6.79. The molecule has 0 aliphatic heterocycles. The highest BCUT2D eigenvalue weighted by atomic mass is 16.5. The second-order valence-corrected chi connectivity index (χ2v) is 6.79. The molecule has 0 aromatic heterocycles. The van der Waals surface area contributed by atoms with Crippen molar-refractivity contribution in [2.24, 2.45) is 0 Å². The van der Waals surface area contributed by atoms with Gasteiger partial charge in [-0.15, -0.1) is 0 Å². The summed E-state index contributed by atoms with van der Waals surface area (Å²) in [5, 5.41) is 2.84. The molecule has 2 aromatic rings. The van der Waals surface area contributed by atoms with Crippen LogP contribution >= 0.6 is 0 Å². The van der Waals surface area contributed by atoms with Crippen molar-refractivity contribution in [3.05, 3.63) is 58.7 Å². The fourth-order valence-corrected chi connectivity index (χ4v) is 2.99. The van der Waals surface area contributed by atoms with Gasteiger partial charge in [-0.1, -0.05) is 23.8 Å². The number of benzene rings is 2. The molecular weight excluding hydrogens is 370 g/mol. The topological polar surface area (TPSA) is 73.9 Å². The summed E-state index contributed by atoms with van der Waals surface area (Å²) in [7, 11) is 3.09. The van der Waals surface area contributed by atoms with Crippen molar-refractivity contribution in [1.29, 1.82) is 0 Å². The van der Waals surface area contributed by atoms with E-state index >= 15 is 0 Å². The van der Waals surface area contributed by atoms with Crippen LogP contribution in [0.15, 0.2) is 36.4 Å². The molecule has 2 aromatic carbocycles. The molecule has 1 atom stereocenters. The molecule has 29 heavy (non-hydrogen) atoms. The predicted molar refractivity (Wildman–Crippen MR) is 113 cm³/mol. The summed E-state index contributed by atoms with van der Waals surface area (Å²) in [4.78, 5) is 24.5. The standard InChI is InChI=1S/C23H27NO5/c1-14-11-15(2)22(16(3)12-14)24-23(26)17(4)29-21(25)10-8-18-7-9-19(27-5)20(13-18)28-6/h7-13,17H,1-6H3,(H,24,26)/b10-8+. The summed E-state index contributed by atoms with van der Waals surface area (Å²) in [6.45, 7) is 7.40. The van der Waals surface area contributed by atoms with Crippen LogP contribution in [-0.4, -0.2) is 32.2 Å². The van der Waals surface area contributed by atoms with Crippen LogP contribution in [-0.2, 0) is 14.3 Å². The lowest BCUT2D eigenvalue weighted by molar-refractivity contribution is -0.148. The van der Waals surface area contributed by atoms with Crippen molar-refractivity contribution < 1.29 is 23.8 Å². The van der Waals surface area contributed by atoms with E-state index < -0.39 is 12.1 Å². The lowest BCUT2D eigenvalue weighted by Gasteiger charge is -2.16. The first-order valence-corrected chi connectivity index (χ1v) is 9.24. The molecule has 1 N–H and O–H groups in total. The van der Waals surface area contributed by atoms with E-state index in [0.717, 1.165) is 27.9 Å². The number of carbonyl (C=O) groups is 2. The molecular formula is C23H27NO5. The Kier molecular flexibility index (Phi) is 7.42. The lowest BCUT2D eigenvalue weighted by atomic mass is 10.0. The van der Waals surface area contributed by atoms with Gasteiger partial charge in [-0.2, -0.15) is 0 Å². The lowest BCUT2D eigenvalue weighted by Crippen LogP contribution is -2.30. The highest BCUT2D eigenvalue weighted by Gasteiger charge is 2.18. The molecule has 0 fully saturated rings. The maximum Gasteiger partial charge on any atom is 0.331 e. The normalized spacial score (nSPS) is 11.8. The summed E-state index contributed by atoms with van der Waals surface area (Å²) in [5.41, 5.74) is 4.52. The van der Waals surface area contributed by atoms with Gasteiger partial charge in [0.15, 0.2) is 17.6 Å². The number of methoxy groups -OCH3 is 2. The van der Waals surface area contributed by atoms with Gasteiger partial charge in [0.1, 0.15) is 0 Å². The highest BCUT2D eigenvalue weighted by molar-refractivity contribution is 5.97. The van der Waals surface area contributed by atoms with Gasteiger partial charge in [-0.05, 0) is 62.6 Å². The molecule has 0 saturated heterocycles. The van der Waals surface area contributed by atoms with E-state index in [0.29, 0.717) is 11.5 Å². The van der Waals surface area contributed by atoms with E-state index in [9.17, 15) is 9.59 Å². The van der Waals surface area contributed by atoms with Gasteiger partial charge in [0, 0.05) is 11.8 Å². The van der Waals surface area contributed by atoms with Crippen LogP contribution in [0.4, 0.5) is 5.69 Å². The smallest absolute Gasteiger partial charge is 0.331 e. The minimum absolute atomic E-state index is 0.382. The van der Waals surface area contributed by atoms with Crippen LogP contribution in [0.3, 0.4) is 0 Å². The zero-order valence-corrected chi connectivity index (χ0v) is 17.7. The Labute approximate surface area is 171 Å². The summed E-state index contributed by atoms with van der Waals surface area (Å²) < 4.78 is 15.6. The molecule has 2 rings (SSSR count). The van der Waals surface area contributed by atoms with Crippen LogP contribution < -0.4 is 14.8 Å². The van der Waals surface area contributed by atoms with Crippen molar-refractivity contribution >= 4 is 23.6 Å². The summed E-state index contributed by atoms with van der Waals surface area (Å²) in [6, 6.07) is 9.24. The molecule has 6 nitrogen and oxygen atoms in total. The average molecular weight is 397 g/mol. The number of rotatable bonds is 7. The molecule has 0 aliphatic carbocycles. The number of nitrogens with one attached hydrogen (secondary N) is 1. The predicted octanol–water partition coefficient (Wildman–Crippen LogP) is 4.21. The zero-order valence-electron chi connectivity index (χ0n) is 17.7. The molecule has 0 bridgehead atoms. The molecule has 154 valence electrons. The summed E-state index contributed by atoms with van der Waals surface area (Å²) in [5.74, 6) is 0.159. The SMILES string of the molecule is COc1ccc(/C=C/C(=O)OC(C)C(=O)Nc2c(C)cc(C)cc2C)cc1OC. The number of carbonyl (C=O) groups excluding carboxylic acids is 2. The summed E-state index contributed by atoms with van der Waals surface area (Å²) in [6.07, 6.45) is 1.93. The fraction of sp³-hybridized carbons (Fsp3) is 0.304. The molecule has 0 aliphatic rings. The van der Waals surface area contributed by atoms with E-state index in [4.69, 9.17) is 14.2 Å². The highest BCUT2D eigenvalue weighted by Crippen LogP contribution is 2.28. The zero-order chi connectivity index (χ0) is 21.6. The Bertz CT molecular complexity index is 910. The van der Waals surface area contributed by atoms with E-state index in [1.165, 1.54) is 20.1 Å². The maximum absolute atomic E-state index is 12.4. The number of anilines is 1. The van der Waals surface area contributed by atoms with E-state index in [-0.39, 0.29) is 5.91 Å². The van der Waals surface area contributed by atoms with Crippen molar-refractivity contribution in [3.63, 3.8) is 0 Å². The Balaban J connectivity index is 2.00. The fourth-order valence-electron chi connectivity index (χ4n) is 2.99. The molecule has 0 heterocycles. The Morgan fingerprint density at radius 2 is 1.59 bits per heavy atom. The third-order valence-corrected chi connectivity index (χ3v) is 4.41. The molecule has 1 unspecified atom stereocenters. The minimum atomic E-state index is -0.933. The average Bonchev–Trinajstić information content (AvgIpc) is 2.68. The van der Waals surface area contributed by atoms with Crippen molar-refractivity contribution in [2.75, 3.05) is 19.5 Å². The minimum Gasteiger partial charge on any atom is -0.493 e. The number of amides is 1. The quantitative estimate of drug-likeness (QED) is 0.560. The van der Waals surface area contributed by atoms with Gasteiger partial charge in [-0.3, -0.25) is 4.79 Å². The van der Waals surface area contributed by atoms with Crippen LogP contribution in [0.25, 0.3) is 6.08 Å². The molecule has 6 heteroatoms. The van der Waals surface area contributed by atoms with Gasteiger partial charge >= 0.3 is 5.97 Å². The number of aryl methyl sites for hydroxylation is 3. The van der Waals surface area contributed by atoms with E-state index in [2.05, 4.69) is 5.32 Å². The molecule has 0 spiro atoms. The van der Waals surface area contributed by atoms with Gasteiger partial charge in [0.2, 0.25) is 0 Å². The molecule has 0 saturated carbocycles. The number of hydrogen-bond donors (Lipinski definition) is 1. The summed E-state index contributed by atoms with van der Waals surface area (Å²) >= 11 is 0. The van der Waals surface area contributed by atoms with Crippen LogP contribution in [0.5, 0.6) is 11.5 Å².